The Labute approximate surface area is 63.4 Å². The molecule has 0 saturated heterocycles. The number of hydrogen-bond acceptors (Lipinski definition) is 4. The molecule has 0 spiro atoms. The van der Waals surface area contributed by atoms with Gasteiger partial charge in [0, 0.05) is 0 Å². The van der Waals surface area contributed by atoms with Crippen LogP contribution >= 0.6 is 0 Å². The molecule has 1 N–H and O–H groups in total. The lowest BCUT2D eigenvalue weighted by atomic mass is 10.3. The summed E-state index contributed by atoms with van der Waals surface area (Å²) < 4.78 is 4.74. The third kappa shape index (κ3) is 1.29. The van der Waals surface area contributed by atoms with Crippen LogP contribution in [0.3, 0.4) is 0 Å². The van der Waals surface area contributed by atoms with Crippen molar-refractivity contribution in [3.63, 3.8) is 0 Å². The average molecular weight is 153 g/mol. The lowest BCUT2D eigenvalue weighted by Gasteiger charge is -2.01. The number of nitrogens with zero attached hydrogens (tertiary/aromatic N) is 1. The summed E-state index contributed by atoms with van der Waals surface area (Å²) in [5.41, 5.74) is -0.00986. The summed E-state index contributed by atoms with van der Waals surface area (Å²) in [6.07, 6.45) is 0. The van der Waals surface area contributed by atoms with Crippen LogP contribution in [0.25, 0.3) is 0 Å². The highest BCUT2D eigenvalue weighted by molar-refractivity contribution is 5.58. The van der Waals surface area contributed by atoms with E-state index in [1.807, 2.05) is 0 Å². The van der Waals surface area contributed by atoms with Crippen molar-refractivity contribution >= 4 is 5.69 Å². The summed E-state index contributed by atoms with van der Waals surface area (Å²) in [5.74, 6) is 0.0344. The van der Waals surface area contributed by atoms with Gasteiger partial charge in [-0.25, -0.2) is 0 Å². The van der Waals surface area contributed by atoms with E-state index in [4.69, 9.17) is 4.74 Å². The summed E-state index contributed by atoms with van der Waals surface area (Å²) in [6, 6.07) is 4.53. The molecule has 0 atom stereocenters. The average Bonchev–Trinajstić information content (AvgIpc) is 2.05. The van der Waals surface area contributed by atoms with Crippen molar-refractivity contribution in [1.29, 1.82) is 0 Å². The Morgan fingerprint density at radius 2 is 2.27 bits per heavy atom. The first kappa shape index (κ1) is 7.53. The maximum absolute atomic E-state index is 10.0. The van der Waals surface area contributed by atoms with Crippen LogP contribution in [0.2, 0.25) is 0 Å². The molecule has 58 valence electrons. The summed E-state index contributed by atoms with van der Waals surface area (Å²) >= 11 is 0. The molecule has 0 aromatic heterocycles. The fourth-order valence-corrected chi connectivity index (χ4v) is 0.749. The zero-order chi connectivity index (χ0) is 8.27. The molecule has 4 heteroatoms. The van der Waals surface area contributed by atoms with Crippen LogP contribution in [0.1, 0.15) is 0 Å². The number of rotatable bonds is 2. The largest absolute Gasteiger partial charge is 0.503 e. The van der Waals surface area contributed by atoms with Crippen molar-refractivity contribution in [3.05, 3.63) is 23.1 Å². The number of benzene rings is 1. The van der Waals surface area contributed by atoms with Gasteiger partial charge in [-0.3, -0.25) is 0 Å². The van der Waals surface area contributed by atoms with Crippen LogP contribution in [0, 0.1) is 4.91 Å². The van der Waals surface area contributed by atoms with Gasteiger partial charge in [0.1, 0.15) is 0 Å². The van der Waals surface area contributed by atoms with Gasteiger partial charge in [0.25, 0.3) is 0 Å². The predicted octanol–water partition coefficient (Wildman–Crippen LogP) is 1.80. The molecule has 0 bridgehead atoms. The molecule has 0 unspecified atom stereocenters. The smallest absolute Gasteiger partial charge is 0.187 e. The van der Waals surface area contributed by atoms with E-state index in [0.717, 1.165) is 0 Å². The Morgan fingerprint density at radius 3 is 2.82 bits per heavy atom. The standard InChI is InChI=1S/C7H7NO3/c1-11-6-4-2-3-5(8-10)7(6)9/h2-4,9H,1H3. The Bertz CT molecular complexity index is 272. The van der Waals surface area contributed by atoms with E-state index in [1.54, 1.807) is 12.1 Å². The summed E-state index contributed by atoms with van der Waals surface area (Å²) in [4.78, 5) is 10.0. The molecular weight excluding hydrogens is 146 g/mol. The first-order valence-corrected chi connectivity index (χ1v) is 2.99. The van der Waals surface area contributed by atoms with E-state index in [-0.39, 0.29) is 17.2 Å². The predicted molar refractivity (Wildman–Crippen MR) is 40.1 cm³/mol. The van der Waals surface area contributed by atoms with Gasteiger partial charge in [0.05, 0.1) is 7.11 Å². The van der Waals surface area contributed by atoms with Gasteiger partial charge in [-0.2, -0.15) is 0 Å². The molecule has 0 amide bonds. The van der Waals surface area contributed by atoms with Gasteiger partial charge in [0.15, 0.2) is 17.2 Å². The lowest BCUT2D eigenvalue weighted by Crippen LogP contribution is -1.82. The van der Waals surface area contributed by atoms with Crippen LogP contribution in [0.15, 0.2) is 23.4 Å². The molecule has 4 nitrogen and oxygen atoms in total. The van der Waals surface area contributed by atoms with Crippen LogP contribution in [-0.2, 0) is 0 Å². The van der Waals surface area contributed by atoms with Gasteiger partial charge in [0.2, 0.25) is 0 Å². The van der Waals surface area contributed by atoms with Crippen LogP contribution < -0.4 is 4.74 Å². The quantitative estimate of drug-likeness (QED) is 0.659. The number of phenols is 1. The van der Waals surface area contributed by atoms with Gasteiger partial charge in [-0.1, -0.05) is 6.07 Å². The molecule has 1 aromatic carbocycles. The fourth-order valence-electron chi connectivity index (χ4n) is 0.749. The Balaban J connectivity index is 3.20. The van der Waals surface area contributed by atoms with Crippen molar-refractivity contribution in [2.24, 2.45) is 5.18 Å². The fraction of sp³-hybridized carbons (Fsp3) is 0.143. The monoisotopic (exact) mass is 153 g/mol. The highest BCUT2D eigenvalue weighted by Gasteiger charge is 2.05. The number of hydrogen-bond donors (Lipinski definition) is 1. The van der Waals surface area contributed by atoms with Gasteiger partial charge < -0.3 is 9.84 Å². The van der Waals surface area contributed by atoms with Crippen molar-refractivity contribution < 1.29 is 9.84 Å². The zero-order valence-corrected chi connectivity index (χ0v) is 5.94. The van der Waals surface area contributed by atoms with Gasteiger partial charge in [-0.15, -0.1) is 4.91 Å². The third-order valence-electron chi connectivity index (χ3n) is 1.30. The summed E-state index contributed by atoms with van der Waals surface area (Å²) in [6.45, 7) is 0. The van der Waals surface area contributed by atoms with Crippen molar-refractivity contribution in [3.8, 4) is 11.5 Å². The second-order valence-electron chi connectivity index (χ2n) is 1.92. The maximum Gasteiger partial charge on any atom is 0.187 e. The first-order valence-electron chi connectivity index (χ1n) is 2.99. The SMILES string of the molecule is COc1cccc(N=O)c1O. The van der Waals surface area contributed by atoms with Crippen molar-refractivity contribution in [2.45, 2.75) is 0 Å². The minimum absolute atomic E-state index is 0.00986. The minimum Gasteiger partial charge on any atom is -0.503 e. The second-order valence-corrected chi connectivity index (χ2v) is 1.92. The molecule has 1 rings (SSSR count). The highest BCUT2D eigenvalue weighted by Crippen LogP contribution is 2.34. The second kappa shape index (κ2) is 3.01. The molecule has 0 aliphatic rings. The molecule has 0 fully saturated rings. The van der Waals surface area contributed by atoms with E-state index in [2.05, 4.69) is 5.18 Å². The normalized spacial score (nSPS) is 9.18. The van der Waals surface area contributed by atoms with Crippen molar-refractivity contribution in [2.75, 3.05) is 7.11 Å². The van der Waals surface area contributed by atoms with E-state index in [9.17, 15) is 10.0 Å². The molecule has 11 heavy (non-hydrogen) atoms. The Kier molecular flexibility index (Phi) is 2.06. The first-order chi connectivity index (χ1) is 5.29. The lowest BCUT2D eigenvalue weighted by molar-refractivity contribution is 0.374. The molecule has 0 aliphatic heterocycles. The molecular formula is C7H7NO3. The third-order valence-corrected chi connectivity index (χ3v) is 1.30. The van der Waals surface area contributed by atoms with Crippen molar-refractivity contribution in [1.82, 2.24) is 0 Å². The van der Waals surface area contributed by atoms with E-state index in [1.165, 1.54) is 13.2 Å². The maximum atomic E-state index is 10.0. The highest BCUT2D eigenvalue weighted by atomic mass is 16.5. The zero-order valence-electron chi connectivity index (χ0n) is 5.94. The van der Waals surface area contributed by atoms with E-state index in [0.29, 0.717) is 0 Å². The topological polar surface area (TPSA) is 58.9 Å². The molecule has 0 radical (unpaired) electrons. The van der Waals surface area contributed by atoms with Crippen LogP contribution in [-0.4, -0.2) is 12.2 Å². The number of nitroso groups, excluding NO2 is 1. The number of phenolic OH excluding ortho intramolecular Hbond substituents is 1. The minimum atomic E-state index is -0.218. The molecule has 1 aromatic rings. The molecule has 0 saturated carbocycles. The van der Waals surface area contributed by atoms with E-state index < -0.39 is 0 Å². The number of aromatic hydroxyl groups is 1. The van der Waals surface area contributed by atoms with E-state index >= 15 is 0 Å². The van der Waals surface area contributed by atoms with Gasteiger partial charge >= 0.3 is 0 Å². The summed E-state index contributed by atoms with van der Waals surface area (Å²) in [7, 11) is 1.41. The summed E-state index contributed by atoms with van der Waals surface area (Å²) in [5, 5.41) is 11.8. The Hall–Kier alpha value is -1.58. The number of methoxy groups -OCH3 is 1. The number of ether oxygens (including phenoxy) is 1. The Morgan fingerprint density at radius 1 is 1.55 bits per heavy atom. The van der Waals surface area contributed by atoms with Crippen LogP contribution in [0.5, 0.6) is 11.5 Å². The number of para-hydroxylation sites is 1. The van der Waals surface area contributed by atoms with Crippen LogP contribution in [0.4, 0.5) is 5.69 Å². The molecule has 0 heterocycles. The van der Waals surface area contributed by atoms with Gasteiger partial charge in [-0.05, 0) is 17.3 Å². The molecule has 0 aliphatic carbocycles.